The lowest BCUT2D eigenvalue weighted by Crippen LogP contribution is -2.08. The van der Waals surface area contributed by atoms with Gasteiger partial charge in [0.15, 0.2) is 0 Å². The summed E-state index contributed by atoms with van der Waals surface area (Å²) in [7, 11) is -3.55. The van der Waals surface area contributed by atoms with Crippen LogP contribution in [0.2, 0.25) is 0 Å². The van der Waals surface area contributed by atoms with E-state index >= 15 is 0 Å². The molecule has 0 saturated heterocycles. The predicted molar refractivity (Wildman–Crippen MR) is 57.8 cm³/mol. The Kier molecular flexibility index (Phi) is 3.43. The molecular weight excluding hydrogens is 198 g/mol. The van der Waals surface area contributed by atoms with E-state index in [2.05, 4.69) is 0 Å². The van der Waals surface area contributed by atoms with E-state index < -0.39 is 10.0 Å². The SMILES string of the molecule is CCC(=CS(N)(=O)=O)c1ccccc1. The van der Waals surface area contributed by atoms with Crippen molar-refractivity contribution in [3.8, 4) is 0 Å². The van der Waals surface area contributed by atoms with Gasteiger partial charge in [0, 0.05) is 5.41 Å². The zero-order valence-electron chi connectivity index (χ0n) is 7.97. The van der Waals surface area contributed by atoms with Crippen LogP contribution in [0.3, 0.4) is 0 Å². The second-order valence-electron chi connectivity index (χ2n) is 2.95. The molecule has 0 aliphatic carbocycles. The second-order valence-corrected chi connectivity index (χ2v) is 4.37. The molecule has 0 amide bonds. The summed E-state index contributed by atoms with van der Waals surface area (Å²) < 4.78 is 21.8. The zero-order chi connectivity index (χ0) is 10.6. The Balaban J connectivity index is 3.12. The molecule has 0 spiro atoms. The second kappa shape index (κ2) is 4.39. The van der Waals surface area contributed by atoms with E-state index in [4.69, 9.17) is 5.14 Å². The fourth-order valence-electron chi connectivity index (χ4n) is 1.21. The monoisotopic (exact) mass is 211 g/mol. The summed E-state index contributed by atoms with van der Waals surface area (Å²) in [6.07, 6.45) is 0.639. The molecule has 1 rings (SSSR count). The summed E-state index contributed by atoms with van der Waals surface area (Å²) in [5.41, 5.74) is 1.62. The Morgan fingerprint density at radius 2 is 1.93 bits per heavy atom. The standard InChI is InChI=1S/C10H13NO2S/c1-2-9(8-14(11,12)13)10-6-4-3-5-7-10/h3-8H,2H2,1H3,(H2,11,12,13). The van der Waals surface area contributed by atoms with Gasteiger partial charge in [-0.05, 0) is 17.6 Å². The first-order valence-electron chi connectivity index (χ1n) is 4.31. The van der Waals surface area contributed by atoms with E-state index in [1.165, 1.54) is 0 Å². The maximum atomic E-state index is 10.9. The van der Waals surface area contributed by atoms with Crippen LogP contribution in [0.25, 0.3) is 5.57 Å². The van der Waals surface area contributed by atoms with Crippen molar-refractivity contribution in [3.63, 3.8) is 0 Å². The normalized spacial score (nSPS) is 12.9. The highest BCUT2D eigenvalue weighted by Crippen LogP contribution is 2.17. The molecular formula is C10H13NO2S. The van der Waals surface area contributed by atoms with Crippen molar-refractivity contribution >= 4 is 15.6 Å². The highest BCUT2D eigenvalue weighted by atomic mass is 32.2. The molecule has 0 aliphatic rings. The molecule has 0 radical (unpaired) electrons. The van der Waals surface area contributed by atoms with Crippen LogP contribution < -0.4 is 5.14 Å². The predicted octanol–water partition coefficient (Wildman–Crippen LogP) is 1.73. The van der Waals surface area contributed by atoms with Crippen molar-refractivity contribution in [1.29, 1.82) is 0 Å². The topological polar surface area (TPSA) is 60.2 Å². The molecule has 0 bridgehead atoms. The van der Waals surface area contributed by atoms with Crippen LogP contribution >= 0.6 is 0 Å². The van der Waals surface area contributed by atoms with Gasteiger partial charge in [0.2, 0.25) is 10.0 Å². The molecule has 2 N–H and O–H groups in total. The Labute approximate surface area is 84.3 Å². The van der Waals surface area contributed by atoms with Crippen molar-refractivity contribution < 1.29 is 8.42 Å². The average Bonchev–Trinajstić information content (AvgIpc) is 2.14. The molecule has 0 saturated carbocycles. The number of hydrogen-bond acceptors (Lipinski definition) is 2. The summed E-state index contributed by atoms with van der Waals surface area (Å²) in [6.45, 7) is 1.89. The number of benzene rings is 1. The molecule has 76 valence electrons. The molecule has 0 atom stereocenters. The van der Waals surface area contributed by atoms with E-state index in [9.17, 15) is 8.42 Å². The highest BCUT2D eigenvalue weighted by Gasteiger charge is 2.03. The van der Waals surface area contributed by atoms with E-state index in [0.717, 1.165) is 16.5 Å². The van der Waals surface area contributed by atoms with Crippen LogP contribution in [0, 0.1) is 0 Å². The minimum absolute atomic E-state index is 0.639. The van der Waals surface area contributed by atoms with Crippen LogP contribution in [0.1, 0.15) is 18.9 Å². The van der Waals surface area contributed by atoms with Gasteiger partial charge in [-0.3, -0.25) is 0 Å². The number of rotatable bonds is 3. The lowest BCUT2D eigenvalue weighted by molar-refractivity contribution is 0.606. The third-order valence-corrected chi connectivity index (χ3v) is 2.45. The molecule has 1 aromatic carbocycles. The van der Waals surface area contributed by atoms with Gasteiger partial charge in [-0.25, -0.2) is 13.6 Å². The molecule has 14 heavy (non-hydrogen) atoms. The summed E-state index contributed by atoms with van der Waals surface area (Å²) in [4.78, 5) is 0. The average molecular weight is 211 g/mol. The van der Waals surface area contributed by atoms with Gasteiger partial charge in [0.05, 0.1) is 0 Å². The van der Waals surface area contributed by atoms with Crippen LogP contribution in [0.15, 0.2) is 35.7 Å². The molecule has 3 nitrogen and oxygen atoms in total. The summed E-state index contributed by atoms with van der Waals surface area (Å²) in [5.74, 6) is 0. The van der Waals surface area contributed by atoms with E-state index in [0.29, 0.717) is 6.42 Å². The molecule has 0 unspecified atom stereocenters. The molecule has 4 heteroatoms. The first-order valence-corrected chi connectivity index (χ1v) is 5.92. The Morgan fingerprint density at radius 3 is 2.36 bits per heavy atom. The third kappa shape index (κ3) is 3.32. The number of allylic oxidation sites excluding steroid dienone is 1. The van der Waals surface area contributed by atoms with Crippen molar-refractivity contribution in [1.82, 2.24) is 0 Å². The Hall–Kier alpha value is -1.13. The quantitative estimate of drug-likeness (QED) is 0.827. The highest BCUT2D eigenvalue weighted by molar-refractivity contribution is 7.92. The van der Waals surface area contributed by atoms with E-state index in [-0.39, 0.29) is 0 Å². The van der Waals surface area contributed by atoms with Crippen molar-refractivity contribution in [3.05, 3.63) is 41.3 Å². The molecule has 0 aromatic heterocycles. The van der Waals surface area contributed by atoms with Crippen molar-refractivity contribution in [2.45, 2.75) is 13.3 Å². The van der Waals surface area contributed by atoms with Crippen molar-refractivity contribution in [2.75, 3.05) is 0 Å². The molecule has 0 aliphatic heterocycles. The van der Waals surface area contributed by atoms with Gasteiger partial charge in [0.1, 0.15) is 0 Å². The number of hydrogen-bond donors (Lipinski definition) is 1. The molecule has 0 heterocycles. The summed E-state index contributed by atoms with van der Waals surface area (Å²) >= 11 is 0. The number of nitrogens with two attached hydrogens (primary N) is 1. The van der Waals surface area contributed by atoms with Gasteiger partial charge < -0.3 is 0 Å². The zero-order valence-corrected chi connectivity index (χ0v) is 8.79. The van der Waals surface area contributed by atoms with Gasteiger partial charge in [-0.2, -0.15) is 0 Å². The maximum absolute atomic E-state index is 10.9. The molecule has 1 aromatic rings. The van der Waals surface area contributed by atoms with E-state index in [1.54, 1.807) is 0 Å². The van der Waals surface area contributed by atoms with Crippen LogP contribution in [-0.2, 0) is 10.0 Å². The lowest BCUT2D eigenvalue weighted by Gasteiger charge is -2.03. The lowest BCUT2D eigenvalue weighted by atomic mass is 10.1. The van der Waals surface area contributed by atoms with Gasteiger partial charge in [-0.1, -0.05) is 37.3 Å². The molecule has 0 fully saturated rings. The Bertz CT molecular complexity index is 421. The summed E-state index contributed by atoms with van der Waals surface area (Å²) in [5, 5.41) is 6.06. The van der Waals surface area contributed by atoms with Gasteiger partial charge in [-0.15, -0.1) is 0 Å². The number of sulfonamides is 1. The first kappa shape index (κ1) is 10.9. The fourth-order valence-corrected chi connectivity index (χ4v) is 1.91. The van der Waals surface area contributed by atoms with Gasteiger partial charge >= 0.3 is 0 Å². The van der Waals surface area contributed by atoms with E-state index in [1.807, 2.05) is 37.3 Å². The van der Waals surface area contributed by atoms with Crippen molar-refractivity contribution in [2.24, 2.45) is 5.14 Å². The minimum atomic E-state index is -3.55. The number of primary sulfonamides is 1. The van der Waals surface area contributed by atoms with Gasteiger partial charge in [0.25, 0.3) is 0 Å². The smallest absolute Gasteiger partial charge is 0.225 e. The fraction of sp³-hybridized carbons (Fsp3) is 0.200. The largest absolute Gasteiger partial charge is 0.231 e. The van der Waals surface area contributed by atoms with Crippen LogP contribution in [-0.4, -0.2) is 8.42 Å². The Morgan fingerprint density at radius 1 is 1.36 bits per heavy atom. The van der Waals surface area contributed by atoms with Crippen LogP contribution in [0.5, 0.6) is 0 Å². The van der Waals surface area contributed by atoms with Crippen LogP contribution in [0.4, 0.5) is 0 Å². The maximum Gasteiger partial charge on any atom is 0.231 e. The summed E-state index contributed by atoms with van der Waals surface area (Å²) in [6, 6.07) is 9.33. The minimum Gasteiger partial charge on any atom is -0.225 e. The third-order valence-electron chi connectivity index (χ3n) is 1.83. The first-order chi connectivity index (χ1) is 6.53.